The van der Waals surface area contributed by atoms with E-state index in [0.29, 0.717) is 0 Å². The molecule has 2 amide bonds. The zero-order valence-electron chi connectivity index (χ0n) is 23.6. The number of carboxylic acids is 2. The molecule has 4 rings (SSSR count). The van der Waals surface area contributed by atoms with Crippen molar-refractivity contribution in [3.8, 4) is 0 Å². The van der Waals surface area contributed by atoms with Gasteiger partial charge in [-0.2, -0.15) is 0 Å². The number of aliphatic carboxylic acids is 2. The highest BCUT2D eigenvalue weighted by atomic mass is 32.2. The van der Waals surface area contributed by atoms with E-state index in [0.717, 1.165) is 33.0 Å². The molecule has 0 spiro atoms. The molecule has 230 valence electrons. The molecule has 1 saturated heterocycles. The summed E-state index contributed by atoms with van der Waals surface area (Å²) in [6, 6.07) is 3.05. The number of oxime groups is 1. The molecule has 43 heavy (non-hydrogen) atoms. The van der Waals surface area contributed by atoms with Gasteiger partial charge in [-0.05, 0) is 32.9 Å². The minimum absolute atomic E-state index is 0.0885. The summed E-state index contributed by atoms with van der Waals surface area (Å²) in [5.74, 6) is -3.42. The average Bonchev–Trinajstić information content (AvgIpc) is 3.48. The molecule has 2 aromatic heterocycles. The van der Waals surface area contributed by atoms with Gasteiger partial charge in [0.15, 0.2) is 10.9 Å². The van der Waals surface area contributed by atoms with Crippen LogP contribution in [0.15, 0.2) is 66.1 Å². The quantitative estimate of drug-likeness (QED) is 0.0777. The van der Waals surface area contributed by atoms with Crippen molar-refractivity contribution in [2.45, 2.75) is 36.7 Å². The normalized spacial score (nSPS) is 18.3. The van der Waals surface area contributed by atoms with E-state index in [1.54, 1.807) is 26.8 Å². The maximum absolute atomic E-state index is 13.1. The van der Waals surface area contributed by atoms with Crippen LogP contribution in [0.2, 0.25) is 0 Å². The molecule has 0 aliphatic carbocycles. The van der Waals surface area contributed by atoms with Crippen LogP contribution >= 0.6 is 23.5 Å². The highest BCUT2D eigenvalue weighted by Crippen LogP contribution is 2.46. The van der Waals surface area contributed by atoms with Gasteiger partial charge in [0.05, 0.1) is 11.7 Å². The second-order valence-corrected chi connectivity index (χ2v) is 12.0. The third-order valence-corrected chi connectivity index (χ3v) is 8.31. The summed E-state index contributed by atoms with van der Waals surface area (Å²) in [4.78, 5) is 77.1. The molecule has 2 aliphatic heterocycles. The summed E-state index contributed by atoms with van der Waals surface area (Å²) in [7, 11) is 2.59. The SMILES string of the molecule is C=C1C(=O)N2C(C(=O)O)=C(CSc3n[nH]c(=O)c(=O)n3C)C(NC(=O)C(=NOC)c3ccco3)S[C@H]12.CC(C)(C)C(=O)O. The van der Waals surface area contributed by atoms with Crippen molar-refractivity contribution in [2.75, 3.05) is 12.9 Å². The van der Waals surface area contributed by atoms with Crippen molar-refractivity contribution in [1.82, 2.24) is 25.0 Å². The average molecular weight is 637 g/mol. The Balaban J connectivity index is 0.000000646. The van der Waals surface area contributed by atoms with Gasteiger partial charge in [0.25, 0.3) is 11.8 Å². The summed E-state index contributed by atoms with van der Waals surface area (Å²) in [6.07, 6.45) is 1.34. The molecule has 0 radical (unpaired) electrons. The van der Waals surface area contributed by atoms with Crippen LogP contribution in [0.25, 0.3) is 0 Å². The van der Waals surface area contributed by atoms with E-state index in [4.69, 9.17) is 14.4 Å². The Morgan fingerprint density at radius 1 is 1.28 bits per heavy atom. The summed E-state index contributed by atoms with van der Waals surface area (Å²) in [5.41, 5.74) is -2.53. The van der Waals surface area contributed by atoms with Gasteiger partial charge in [-0.1, -0.05) is 23.5 Å². The molecule has 4 heterocycles. The number of hydrogen-bond acceptors (Lipinski definition) is 12. The topological polar surface area (TPSA) is 226 Å². The van der Waals surface area contributed by atoms with Gasteiger partial charge in [-0.3, -0.25) is 33.4 Å². The van der Waals surface area contributed by atoms with Crippen LogP contribution in [0.5, 0.6) is 0 Å². The molecule has 0 saturated carbocycles. The number of aromatic amines is 1. The number of H-pyrrole nitrogens is 1. The lowest BCUT2D eigenvalue weighted by Gasteiger charge is -2.47. The number of fused-ring (bicyclic) bond motifs is 1. The number of furan rings is 1. The minimum atomic E-state index is -1.39. The Hall–Kier alpha value is -4.58. The summed E-state index contributed by atoms with van der Waals surface area (Å²) in [5, 5.41) is 29.0. The lowest BCUT2D eigenvalue weighted by Crippen LogP contribution is -2.59. The molecular weight excluding hydrogens is 608 g/mol. The van der Waals surface area contributed by atoms with Crippen LogP contribution in [-0.4, -0.2) is 83.0 Å². The minimum Gasteiger partial charge on any atom is -0.481 e. The molecule has 16 nitrogen and oxygen atoms in total. The molecule has 1 unspecified atom stereocenters. The van der Waals surface area contributed by atoms with Crippen LogP contribution < -0.4 is 16.4 Å². The van der Waals surface area contributed by atoms with Crippen LogP contribution in [0.4, 0.5) is 0 Å². The number of rotatable bonds is 8. The van der Waals surface area contributed by atoms with E-state index in [1.807, 2.05) is 0 Å². The number of nitrogens with zero attached hydrogens (tertiary/aromatic N) is 4. The van der Waals surface area contributed by atoms with E-state index < -0.39 is 51.0 Å². The number of hydrogen-bond donors (Lipinski definition) is 4. The van der Waals surface area contributed by atoms with Crippen molar-refractivity contribution in [1.29, 1.82) is 0 Å². The fourth-order valence-corrected chi connectivity index (χ4v) is 5.90. The Bertz CT molecular complexity index is 1630. The van der Waals surface area contributed by atoms with Crippen LogP contribution in [0, 0.1) is 5.41 Å². The molecule has 0 aromatic carbocycles. The first kappa shape index (κ1) is 32.9. The van der Waals surface area contributed by atoms with Crippen LogP contribution in [0.3, 0.4) is 0 Å². The van der Waals surface area contributed by atoms with Gasteiger partial charge in [0.2, 0.25) is 5.71 Å². The van der Waals surface area contributed by atoms with E-state index >= 15 is 0 Å². The number of carboxylic acid groups (broad SMARTS) is 2. The lowest BCUT2D eigenvalue weighted by atomic mass is 9.98. The highest BCUT2D eigenvalue weighted by Gasteiger charge is 2.51. The third-order valence-electron chi connectivity index (χ3n) is 5.81. The first-order valence-corrected chi connectivity index (χ1v) is 14.1. The van der Waals surface area contributed by atoms with Crippen molar-refractivity contribution in [2.24, 2.45) is 17.6 Å². The van der Waals surface area contributed by atoms with Crippen molar-refractivity contribution in [3.63, 3.8) is 0 Å². The van der Waals surface area contributed by atoms with Gasteiger partial charge >= 0.3 is 23.1 Å². The van der Waals surface area contributed by atoms with E-state index in [-0.39, 0.29) is 39.2 Å². The van der Waals surface area contributed by atoms with Crippen LogP contribution in [-0.2, 0) is 31.1 Å². The second kappa shape index (κ2) is 13.2. The van der Waals surface area contributed by atoms with Gasteiger partial charge in [-0.15, -0.1) is 16.9 Å². The standard InChI is InChI=1S/C20H18N6O8S2.C5H10O2/c1-8-16(29)26-12(19(31)32)9(7-35-20-23-22-14(28)17(30)25(20)2)15(36-18(8)26)21-13(27)11(24-33-3)10-5-4-6-34-10;1-5(2,3)4(6)7/h4-6,15,18H,1,7H2,2-3H3,(H,21,27)(H,22,28)(H,31,32);1-3H3,(H,6,7)/t15?,18-;/m1./s1. The monoisotopic (exact) mass is 636 g/mol. The van der Waals surface area contributed by atoms with Crippen molar-refractivity contribution >= 4 is 53.0 Å². The van der Waals surface area contributed by atoms with E-state index in [1.165, 1.54) is 26.5 Å². The van der Waals surface area contributed by atoms with E-state index in [2.05, 4.69) is 27.2 Å². The zero-order chi connectivity index (χ0) is 32.2. The summed E-state index contributed by atoms with van der Waals surface area (Å²) < 4.78 is 6.25. The summed E-state index contributed by atoms with van der Waals surface area (Å²) >= 11 is 2.03. The zero-order valence-corrected chi connectivity index (χ0v) is 25.2. The highest BCUT2D eigenvalue weighted by molar-refractivity contribution is 8.01. The van der Waals surface area contributed by atoms with Crippen LogP contribution in [0.1, 0.15) is 26.5 Å². The predicted octanol–water partition coefficient (Wildman–Crippen LogP) is 0.574. The first-order valence-electron chi connectivity index (χ1n) is 12.2. The number of aromatic nitrogens is 3. The molecule has 18 heteroatoms. The number of β-lactam (4-membered cyclic amide) rings is 1. The Labute approximate surface area is 251 Å². The molecule has 4 N–H and O–H groups in total. The molecule has 2 atom stereocenters. The number of carbonyl (C=O) groups is 4. The maximum atomic E-state index is 13.1. The number of nitrogens with one attached hydrogen (secondary N) is 2. The second-order valence-electron chi connectivity index (χ2n) is 9.86. The Kier molecular flexibility index (Phi) is 10.1. The molecular formula is C25H28N6O10S2. The molecule has 0 bridgehead atoms. The number of carbonyl (C=O) groups excluding carboxylic acids is 2. The fourth-order valence-electron chi connectivity index (χ4n) is 3.44. The molecule has 2 aliphatic rings. The maximum Gasteiger partial charge on any atom is 0.352 e. The molecule has 1 fully saturated rings. The molecule has 2 aromatic rings. The Morgan fingerprint density at radius 3 is 2.47 bits per heavy atom. The van der Waals surface area contributed by atoms with E-state index in [9.17, 15) is 33.9 Å². The van der Waals surface area contributed by atoms with Crippen molar-refractivity contribution in [3.05, 3.63) is 68.3 Å². The Morgan fingerprint density at radius 2 is 1.93 bits per heavy atom. The first-order chi connectivity index (χ1) is 20.1. The predicted molar refractivity (Wildman–Crippen MR) is 154 cm³/mol. The smallest absolute Gasteiger partial charge is 0.352 e. The summed E-state index contributed by atoms with van der Waals surface area (Å²) in [6.45, 7) is 8.69. The third kappa shape index (κ3) is 7.08. The fraction of sp³-hybridized carbons (Fsp3) is 0.360. The van der Waals surface area contributed by atoms with Gasteiger partial charge < -0.3 is 24.8 Å². The lowest BCUT2D eigenvalue weighted by molar-refractivity contribution is -0.145. The number of amides is 2. The van der Waals surface area contributed by atoms with Gasteiger partial charge in [0.1, 0.15) is 23.6 Å². The number of thioether (sulfide) groups is 2. The van der Waals surface area contributed by atoms with Gasteiger partial charge in [-0.25, -0.2) is 9.89 Å². The largest absolute Gasteiger partial charge is 0.481 e. The van der Waals surface area contributed by atoms with Gasteiger partial charge in [0, 0.05) is 23.9 Å². The van der Waals surface area contributed by atoms with Crippen molar-refractivity contribution < 1.29 is 38.6 Å².